The summed E-state index contributed by atoms with van der Waals surface area (Å²) in [6, 6.07) is 44.1. The molecule has 0 saturated carbocycles. The molecule has 2 heterocycles. The molecule has 8 rings (SSSR count). The third-order valence-corrected chi connectivity index (χ3v) is 8.00. The molecular formula is C36H26N2. The Morgan fingerprint density at radius 1 is 0.474 bits per heavy atom. The highest BCUT2D eigenvalue weighted by Gasteiger charge is 2.19. The number of benzene rings is 5. The Labute approximate surface area is 221 Å². The van der Waals surface area contributed by atoms with Gasteiger partial charge >= 0.3 is 0 Å². The van der Waals surface area contributed by atoms with Crippen molar-refractivity contribution in [3.63, 3.8) is 0 Å². The van der Waals surface area contributed by atoms with Crippen LogP contribution in [0.15, 0.2) is 127 Å². The van der Waals surface area contributed by atoms with E-state index in [1.807, 2.05) is 0 Å². The van der Waals surface area contributed by atoms with Crippen LogP contribution in [0.4, 0.5) is 0 Å². The van der Waals surface area contributed by atoms with Crippen molar-refractivity contribution in [1.82, 2.24) is 9.13 Å². The molecule has 0 N–H and O–H groups in total. The van der Waals surface area contributed by atoms with Gasteiger partial charge in [-0.05, 0) is 78.1 Å². The smallest absolute Gasteiger partial charge is 0.0542 e. The van der Waals surface area contributed by atoms with Crippen LogP contribution in [-0.4, -0.2) is 9.13 Å². The van der Waals surface area contributed by atoms with Gasteiger partial charge in [0.15, 0.2) is 0 Å². The molecule has 2 nitrogen and oxygen atoms in total. The largest absolute Gasteiger partial charge is 0.310 e. The van der Waals surface area contributed by atoms with E-state index in [2.05, 4.69) is 143 Å². The van der Waals surface area contributed by atoms with Gasteiger partial charge in [-0.25, -0.2) is 0 Å². The predicted molar refractivity (Wildman–Crippen MR) is 160 cm³/mol. The van der Waals surface area contributed by atoms with Crippen molar-refractivity contribution in [2.24, 2.45) is 0 Å². The molecule has 0 fully saturated rings. The minimum Gasteiger partial charge on any atom is -0.310 e. The summed E-state index contributed by atoms with van der Waals surface area (Å²) in [7, 11) is 0. The zero-order valence-corrected chi connectivity index (χ0v) is 21.0. The van der Waals surface area contributed by atoms with Crippen LogP contribution in [0.1, 0.15) is 17.7 Å². The first-order chi connectivity index (χ1) is 18.9. The van der Waals surface area contributed by atoms with Crippen LogP contribution in [0.25, 0.3) is 61.3 Å². The molecule has 7 aromatic rings. The van der Waals surface area contributed by atoms with Crippen molar-refractivity contribution in [3.8, 4) is 22.5 Å². The molecule has 180 valence electrons. The van der Waals surface area contributed by atoms with Crippen LogP contribution >= 0.6 is 0 Å². The zero-order valence-electron chi connectivity index (χ0n) is 21.0. The minimum absolute atomic E-state index is 1.10. The summed E-state index contributed by atoms with van der Waals surface area (Å²) in [5.41, 5.74) is 11.4. The van der Waals surface area contributed by atoms with E-state index in [9.17, 15) is 0 Å². The lowest BCUT2D eigenvalue weighted by Gasteiger charge is -2.13. The lowest BCUT2D eigenvalue weighted by Crippen LogP contribution is -2.00. The Hall–Kier alpha value is -4.82. The van der Waals surface area contributed by atoms with E-state index in [-0.39, 0.29) is 0 Å². The van der Waals surface area contributed by atoms with E-state index in [4.69, 9.17) is 0 Å². The fraction of sp³-hybridized carbons (Fsp3) is 0.0556. The molecule has 0 amide bonds. The van der Waals surface area contributed by atoms with Crippen molar-refractivity contribution in [3.05, 3.63) is 139 Å². The molecule has 0 spiro atoms. The number of aryl methyl sites for hydroxylation is 1. The van der Waals surface area contributed by atoms with Crippen LogP contribution in [0.3, 0.4) is 0 Å². The van der Waals surface area contributed by atoms with Crippen LogP contribution in [0, 0.1) is 0 Å². The van der Waals surface area contributed by atoms with Gasteiger partial charge in [-0.1, -0.05) is 84.9 Å². The second-order valence-corrected chi connectivity index (χ2v) is 10.1. The molecule has 2 heteroatoms. The maximum Gasteiger partial charge on any atom is 0.0542 e. The first-order valence-electron chi connectivity index (χ1n) is 13.4. The first kappa shape index (κ1) is 21.3. The molecule has 2 aromatic heterocycles. The lowest BCUT2D eigenvalue weighted by molar-refractivity contribution is 0.968. The van der Waals surface area contributed by atoms with Crippen molar-refractivity contribution in [2.45, 2.75) is 12.8 Å². The zero-order chi connectivity index (χ0) is 25.1. The number of hydrogen-bond acceptors (Lipinski definition) is 0. The molecule has 0 aliphatic heterocycles. The highest BCUT2D eigenvalue weighted by molar-refractivity contribution is 6.10. The molecular weight excluding hydrogens is 460 g/mol. The quantitative estimate of drug-likeness (QED) is 0.235. The van der Waals surface area contributed by atoms with Gasteiger partial charge in [-0.2, -0.15) is 0 Å². The number of allylic oxidation sites excluding steroid dienone is 1. The molecule has 0 unspecified atom stereocenters. The van der Waals surface area contributed by atoms with Gasteiger partial charge in [0.25, 0.3) is 0 Å². The highest BCUT2D eigenvalue weighted by Crippen LogP contribution is 2.37. The van der Waals surface area contributed by atoms with Crippen molar-refractivity contribution >= 4 is 38.8 Å². The average molecular weight is 487 g/mol. The Balaban J connectivity index is 1.34. The normalized spacial score (nSPS) is 12.9. The number of aromatic nitrogens is 2. The topological polar surface area (TPSA) is 9.86 Å². The molecule has 0 saturated heterocycles. The van der Waals surface area contributed by atoms with Gasteiger partial charge in [0, 0.05) is 33.2 Å². The van der Waals surface area contributed by atoms with E-state index >= 15 is 0 Å². The van der Waals surface area contributed by atoms with E-state index in [0.717, 1.165) is 12.8 Å². The number of fused-ring (bicyclic) bond motifs is 6. The summed E-state index contributed by atoms with van der Waals surface area (Å²) in [4.78, 5) is 0. The number of rotatable bonds is 3. The number of hydrogen-bond donors (Lipinski definition) is 0. The van der Waals surface area contributed by atoms with Crippen molar-refractivity contribution in [1.29, 1.82) is 0 Å². The monoisotopic (exact) mass is 486 g/mol. The van der Waals surface area contributed by atoms with E-state index < -0.39 is 0 Å². The molecule has 1 aliphatic carbocycles. The van der Waals surface area contributed by atoms with Gasteiger partial charge in [0.05, 0.1) is 16.6 Å². The Bertz CT molecular complexity index is 2000. The van der Waals surface area contributed by atoms with Crippen molar-refractivity contribution in [2.75, 3.05) is 0 Å². The summed E-state index contributed by atoms with van der Waals surface area (Å²) in [5, 5.41) is 3.92. The summed E-state index contributed by atoms with van der Waals surface area (Å²) < 4.78 is 4.84. The maximum atomic E-state index is 2.44. The summed E-state index contributed by atoms with van der Waals surface area (Å²) >= 11 is 0. The average Bonchev–Trinajstić information content (AvgIpc) is 3.50. The van der Waals surface area contributed by atoms with Gasteiger partial charge < -0.3 is 9.13 Å². The van der Waals surface area contributed by atoms with Crippen LogP contribution < -0.4 is 0 Å². The third kappa shape index (κ3) is 3.13. The van der Waals surface area contributed by atoms with Crippen LogP contribution in [-0.2, 0) is 6.42 Å². The van der Waals surface area contributed by atoms with Crippen molar-refractivity contribution < 1.29 is 0 Å². The lowest BCUT2D eigenvalue weighted by atomic mass is 10.0. The van der Waals surface area contributed by atoms with Gasteiger partial charge in [-0.3, -0.25) is 0 Å². The maximum absolute atomic E-state index is 2.44. The first-order valence-corrected chi connectivity index (χ1v) is 13.4. The highest BCUT2D eigenvalue weighted by atomic mass is 15.0. The SMILES string of the molecule is C1=Cc2c(c3ccccc3n2-c2ccc3c(c2)c2ccccc2n3-c2ccc(-c3ccccc3)cc2)CC1. The molecule has 0 bridgehead atoms. The van der Waals surface area contributed by atoms with Gasteiger partial charge in [0.1, 0.15) is 0 Å². The van der Waals surface area contributed by atoms with E-state index in [1.165, 1.54) is 66.5 Å². The molecule has 0 atom stereocenters. The molecule has 5 aromatic carbocycles. The van der Waals surface area contributed by atoms with Gasteiger partial charge in [0.2, 0.25) is 0 Å². The summed E-state index contributed by atoms with van der Waals surface area (Å²) in [6.07, 6.45) is 6.82. The minimum atomic E-state index is 1.10. The Kier molecular flexibility index (Phi) is 4.68. The summed E-state index contributed by atoms with van der Waals surface area (Å²) in [6.45, 7) is 0. The Morgan fingerprint density at radius 2 is 1.11 bits per heavy atom. The fourth-order valence-electron chi connectivity index (χ4n) is 6.28. The standard InChI is InChI=1S/C36H26N2/c1-2-10-25(11-3-1)26-18-20-27(21-19-26)37-35-17-9-6-14-31(35)32-24-28(22-23-36(32)37)38-33-15-7-4-12-29(33)30-13-5-8-16-34(30)38/h1-4,6-12,14-24H,5,13H2. The fourth-order valence-corrected chi connectivity index (χ4v) is 6.28. The van der Waals surface area contributed by atoms with Crippen LogP contribution in [0.5, 0.6) is 0 Å². The second kappa shape index (κ2) is 8.36. The second-order valence-electron chi connectivity index (χ2n) is 10.1. The van der Waals surface area contributed by atoms with E-state index in [1.54, 1.807) is 0 Å². The van der Waals surface area contributed by atoms with Crippen LogP contribution in [0.2, 0.25) is 0 Å². The van der Waals surface area contributed by atoms with E-state index in [0.29, 0.717) is 0 Å². The molecule has 0 radical (unpaired) electrons. The Morgan fingerprint density at radius 3 is 1.92 bits per heavy atom. The van der Waals surface area contributed by atoms with Gasteiger partial charge in [-0.15, -0.1) is 0 Å². The predicted octanol–water partition coefficient (Wildman–Crippen LogP) is 9.35. The molecule has 38 heavy (non-hydrogen) atoms. The number of nitrogens with zero attached hydrogens (tertiary/aromatic N) is 2. The molecule has 1 aliphatic rings. The summed E-state index contributed by atoms with van der Waals surface area (Å²) in [5.74, 6) is 0. The third-order valence-electron chi connectivity index (χ3n) is 8.00. The number of para-hydroxylation sites is 2.